The molecule has 0 aliphatic rings. The molecule has 0 saturated carbocycles. The highest BCUT2D eigenvalue weighted by atomic mass is 16.5. The van der Waals surface area contributed by atoms with Crippen molar-refractivity contribution >= 4 is 11.9 Å². The van der Waals surface area contributed by atoms with Gasteiger partial charge in [0.15, 0.2) is 0 Å². The number of carbonyl (C=O) groups excluding carboxylic acids is 2. The number of likely N-dealkylation sites (N-methyl/N-ethyl adjacent to an activating group) is 1. The van der Waals surface area contributed by atoms with E-state index < -0.39 is 0 Å². The Hall–Kier alpha value is -1.88. The zero-order chi connectivity index (χ0) is 17.3. The molecule has 5 nitrogen and oxygen atoms in total. The number of ether oxygens (including phenoxy) is 2. The molecule has 0 radical (unpaired) electrons. The van der Waals surface area contributed by atoms with Crippen LogP contribution in [0.1, 0.15) is 43.6 Å². The first-order valence-corrected chi connectivity index (χ1v) is 8.20. The van der Waals surface area contributed by atoms with E-state index in [-0.39, 0.29) is 18.5 Å². The molecule has 5 heteroatoms. The molecule has 0 fully saturated rings. The lowest BCUT2D eigenvalue weighted by Gasteiger charge is -2.35. The number of rotatable bonds is 9. The van der Waals surface area contributed by atoms with Gasteiger partial charge < -0.3 is 14.0 Å². The Balaban J connectivity index is 2.50. The van der Waals surface area contributed by atoms with Crippen molar-refractivity contribution in [2.45, 2.75) is 34.3 Å². The molecule has 128 valence electrons. The molecule has 1 aromatic carbocycles. The number of esters is 2. The second-order valence-electron chi connectivity index (χ2n) is 5.63. The summed E-state index contributed by atoms with van der Waals surface area (Å²) in [4.78, 5) is 22.8. The van der Waals surface area contributed by atoms with Gasteiger partial charge in [-0.25, -0.2) is 4.79 Å². The molecule has 0 aromatic heterocycles. The molecule has 0 unspecified atom stereocenters. The number of hydrogen-bond donors (Lipinski definition) is 0. The summed E-state index contributed by atoms with van der Waals surface area (Å²) in [5, 5.41) is 0. The van der Waals surface area contributed by atoms with Crippen LogP contribution in [0.2, 0.25) is 0 Å². The Kier molecular flexibility index (Phi) is 7.75. The fraction of sp³-hybridized carbons (Fsp3) is 0.556. The van der Waals surface area contributed by atoms with E-state index in [1.54, 1.807) is 24.3 Å². The molecule has 0 heterocycles. The van der Waals surface area contributed by atoms with E-state index in [0.717, 1.165) is 36.2 Å². The molecule has 0 saturated heterocycles. The summed E-state index contributed by atoms with van der Waals surface area (Å²) in [6.45, 7) is 12.4. The molecule has 0 aliphatic carbocycles. The maximum Gasteiger partial charge on any atom is 0.338 e. The van der Waals surface area contributed by atoms with Gasteiger partial charge in [-0.15, -0.1) is 0 Å². The highest BCUT2D eigenvalue weighted by Gasteiger charge is 2.21. The van der Waals surface area contributed by atoms with Crippen LogP contribution in [0, 0.1) is 0 Å². The van der Waals surface area contributed by atoms with Crippen LogP contribution in [0.5, 0.6) is 0 Å². The van der Waals surface area contributed by atoms with Gasteiger partial charge in [0.25, 0.3) is 0 Å². The van der Waals surface area contributed by atoms with Crippen LogP contribution >= 0.6 is 0 Å². The average Bonchev–Trinajstić information content (AvgIpc) is 2.57. The van der Waals surface area contributed by atoms with Gasteiger partial charge in [-0.3, -0.25) is 4.79 Å². The predicted octanol–water partition coefficient (Wildman–Crippen LogP) is 2.78. The first kappa shape index (κ1) is 19.2. The Morgan fingerprint density at radius 3 is 2.00 bits per heavy atom. The third kappa shape index (κ3) is 6.02. The summed E-state index contributed by atoms with van der Waals surface area (Å²) < 4.78 is 11.3. The van der Waals surface area contributed by atoms with Crippen LogP contribution in [0.3, 0.4) is 0 Å². The SMILES string of the molecule is CC[N+](CC)(CC)CCOC(=O)c1ccc(COC(C)=O)cc1. The number of benzene rings is 1. The molecule has 0 aliphatic heterocycles. The standard InChI is InChI=1S/C18H28NO4/c1-5-19(6-2,7-3)12-13-22-18(21)17-10-8-16(9-11-17)14-23-15(4)20/h8-11H,5-7,12-14H2,1-4H3/q+1. The van der Waals surface area contributed by atoms with Crippen LogP contribution in [0.25, 0.3) is 0 Å². The van der Waals surface area contributed by atoms with Gasteiger partial charge >= 0.3 is 11.9 Å². The Bertz CT molecular complexity index is 498. The highest BCUT2D eigenvalue weighted by Crippen LogP contribution is 2.09. The van der Waals surface area contributed by atoms with E-state index in [2.05, 4.69) is 20.8 Å². The molecule has 23 heavy (non-hydrogen) atoms. The van der Waals surface area contributed by atoms with Gasteiger partial charge in [-0.2, -0.15) is 0 Å². The highest BCUT2D eigenvalue weighted by molar-refractivity contribution is 5.89. The number of hydrogen-bond acceptors (Lipinski definition) is 4. The van der Waals surface area contributed by atoms with Crippen molar-refractivity contribution in [1.29, 1.82) is 0 Å². The maximum absolute atomic E-state index is 12.1. The molecular weight excluding hydrogens is 294 g/mol. The Labute approximate surface area is 138 Å². The molecular formula is C18H28NO4+. The Morgan fingerprint density at radius 1 is 0.957 bits per heavy atom. The van der Waals surface area contributed by atoms with E-state index in [0.29, 0.717) is 12.2 Å². The van der Waals surface area contributed by atoms with Crippen LogP contribution in [-0.2, 0) is 20.9 Å². The van der Waals surface area contributed by atoms with Crippen molar-refractivity contribution in [1.82, 2.24) is 0 Å². The van der Waals surface area contributed by atoms with E-state index in [9.17, 15) is 9.59 Å². The van der Waals surface area contributed by atoms with Crippen LogP contribution in [0.4, 0.5) is 0 Å². The summed E-state index contributed by atoms with van der Waals surface area (Å²) in [6, 6.07) is 6.93. The third-order valence-corrected chi connectivity index (χ3v) is 4.44. The third-order valence-electron chi connectivity index (χ3n) is 4.44. The zero-order valence-corrected chi connectivity index (χ0v) is 14.6. The van der Waals surface area contributed by atoms with E-state index in [1.807, 2.05) is 0 Å². The summed E-state index contributed by atoms with van der Waals surface area (Å²) in [6.07, 6.45) is 0. The summed E-state index contributed by atoms with van der Waals surface area (Å²) in [5.74, 6) is -0.636. The van der Waals surface area contributed by atoms with Crippen molar-refractivity contribution in [2.75, 3.05) is 32.8 Å². The second-order valence-corrected chi connectivity index (χ2v) is 5.63. The van der Waals surface area contributed by atoms with Crippen molar-refractivity contribution < 1.29 is 23.5 Å². The van der Waals surface area contributed by atoms with Gasteiger partial charge in [-0.1, -0.05) is 12.1 Å². The molecule has 1 aromatic rings. The van der Waals surface area contributed by atoms with Crippen molar-refractivity contribution in [3.63, 3.8) is 0 Å². The fourth-order valence-corrected chi connectivity index (χ4v) is 2.48. The average molecular weight is 322 g/mol. The molecule has 1 rings (SSSR count). The molecule has 0 N–H and O–H groups in total. The molecule has 0 atom stereocenters. The predicted molar refractivity (Wildman–Crippen MR) is 88.9 cm³/mol. The first-order valence-electron chi connectivity index (χ1n) is 8.20. The summed E-state index contributed by atoms with van der Waals surface area (Å²) >= 11 is 0. The van der Waals surface area contributed by atoms with Gasteiger partial charge in [0.05, 0.1) is 25.2 Å². The first-order chi connectivity index (χ1) is 11.0. The monoisotopic (exact) mass is 322 g/mol. The fourth-order valence-electron chi connectivity index (χ4n) is 2.48. The van der Waals surface area contributed by atoms with Crippen molar-refractivity contribution in [2.24, 2.45) is 0 Å². The van der Waals surface area contributed by atoms with Gasteiger partial charge in [-0.05, 0) is 38.5 Å². The normalized spacial score (nSPS) is 11.1. The van der Waals surface area contributed by atoms with E-state index in [1.165, 1.54) is 6.92 Å². The lowest BCUT2D eigenvalue weighted by Crippen LogP contribution is -2.49. The second kappa shape index (κ2) is 9.30. The van der Waals surface area contributed by atoms with Crippen molar-refractivity contribution in [3.05, 3.63) is 35.4 Å². The Morgan fingerprint density at radius 2 is 1.52 bits per heavy atom. The maximum atomic E-state index is 12.1. The quantitative estimate of drug-likeness (QED) is 0.518. The molecule has 0 amide bonds. The van der Waals surface area contributed by atoms with E-state index >= 15 is 0 Å². The number of nitrogens with zero attached hydrogens (tertiary/aromatic N) is 1. The van der Waals surface area contributed by atoms with Gasteiger partial charge in [0, 0.05) is 6.92 Å². The minimum absolute atomic E-state index is 0.216. The lowest BCUT2D eigenvalue weighted by molar-refractivity contribution is -0.923. The van der Waals surface area contributed by atoms with Crippen molar-refractivity contribution in [3.8, 4) is 0 Å². The topological polar surface area (TPSA) is 52.6 Å². The van der Waals surface area contributed by atoms with Crippen LogP contribution in [-0.4, -0.2) is 49.2 Å². The van der Waals surface area contributed by atoms with Gasteiger partial charge in [0.1, 0.15) is 19.8 Å². The van der Waals surface area contributed by atoms with Crippen LogP contribution in [0.15, 0.2) is 24.3 Å². The van der Waals surface area contributed by atoms with Crippen LogP contribution < -0.4 is 0 Å². The van der Waals surface area contributed by atoms with Gasteiger partial charge in [0.2, 0.25) is 0 Å². The minimum Gasteiger partial charge on any atom is -0.461 e. The number of carbonyl (C=O) groups is 2. The zero-order valence-electron chi connectivity index (χ0n) is 14.6. The molecule has 0 bridgehead atoms. The molecule has 0 spiro atoms. The largest absolute Gasteiger partial charge is 0.461 e. The lowest BCUT2D eigenvalue weighted by atomic mass is 10.1. The smallest absolute Gasteiger partial charge is 0.338 e. The summed E-state index contributed by atoms with van der Waals surface area (Å²) in [5.41, 5.74) is 1.36. The van der Waals surface area contributed by atoms with E-state index in [4.69, 9.17) is 9.47 Å². The minimum atomic E-state index is -0.321. The summed E-state index contributed by atoms with van der Waals surface area (Å²) in [7, 11) is 0. The number of quaternary nitrogens is 1.